The van der Waals surface area contributed by atoms with Gasteiger partial charge in [-0.25, -0.2) is 13.6 Å². The Balaban J connectivity index is 1.25. The maximum atomic E-state index is 11.3. The summed E-state index contributed by atoms with van der Waals surface area (Å²) in [6.45, 7) is 0. The topological polar surface area (TPSA) is 102 Å². The molecule has 1 aromatic heterocycles. The summed E-state index contributed by atoms with van der Waals surface area (Å²) < 4.78 is 24.9. The minimum absolute atomic E-state index is 0.0660. The molecule has 4 bridgehead atoms. The van der Waals surface area contributed by atoms with E-state index in [1.54, 1.807) is 12.1 Å². The van der Waals surface area contributed by atoms with E-state index in [4.69, 9.17) is 22.5 Å². The van der Waals surface area contributed by atoms with Gasteiger partial charge in [-0.1, -0.05) is 0 Å². The molecule has 4 aliphatic rings. The van der Waals surface area contributed by atoms with E-state index in [9.17, 15) is 8.42 Å². The van der Waals surface area contributed by atoms with E-state index >= 15 is 0 Å². The van der Waals surface area contributed by atoms with Gasteiger partial charge in [0.15, 0.2) is 10.9 Å². The van der Waals surface area contributed by atoms with E-state index in [0.717, 1.165) is 23.6 Å². The third-order valence-corrected chi connectivity index (χ3v) is 7.90. The number of hydrogen-bond acceptors (Lipinski definition) is 4. The van der Waals surface area contributed by atoms with Crippen LogP contribution in [0.1, 0.15) is 38.5 Å². The predicted molar refractivity (Wildman–Crippen MR) is 116 cm³/mol. The van der Waals surface area contributed by atoms with Crippen molar-refractivity contribution >= 4 is 38.9 Å². The van der Waals surface area contributed by atoms with Crippen LogP contribution in [0.15, 0.2) is 41.4 Å². The van der Waals surface area contributed by atoms with Crippen molar-refractivity contribution in [2.24, 2.45) is 22.9 Å². The molecule has 4 saturated carbocycles. The van der Waals surface area contributed by atoms with Gasteiger partial charge in [-0.15, -0.1) is 0 Å². The molecular formula is C20H25N5O2S2. The smallest absolute Gasteiger partial charge is 0.238 e. The summed E-state index contributed by atoms with van der Waals surface area (Å²) in [5.41, 5.74) is 0.864. The van der Waals surface area contributed by atoms with Crippen molar-refractivity contribution in [2.75, 3.05) is 10.6 Å². The average molecular weight is 432 g/mol. The van der Waals surface area contributed by atoms with Crippen LogP contribution in [-0.4, -0.2) is 23.3 Å². The van der Waals surface area contributed by atoms with Gasteiger partial charge in [0.25, 0.3) is 0 Å². The number of anilines is 2. The number of primary sulfonamides is 1. The Morgan fingerprint density at radius 1 is 1.03 bits per heavy atom. The van der Waals surface area contributed by atoms with Gasteiger partial charge < -0.3 is 10.6 Å². The van der Waals surface area contributed by atoms with E-state index in [2.05, 4.69) is 21.5 Å². The highest BCUT2D eigenvalue weighted by Crippen LogP contribution is 2.58. The molecule has 0 amide bonds. The molecule has 2 aromatic rings. The molecule has 0 radical (unpaired) electrons. The van der Waals surface area contributed by atoms with Crippen LogP contribution in [0.2, 0.25) is 0 Å². The highest BCUT2D eigenvalue weighted by atomic mass is 32.2. The van der Waals surface area contributed by atoms with E-state index < -0.39 is 10.0 Å². The second-order valence-corrected chi connectivity index (χ2v) is 10.9. The van der Waals surface area contributed by atoms with Crippen LogP contribution in [0, 0.1) is 17.8 Å². The summed E-state index contributed by atoms with van der Waals surface area (Å²) in [6.07, 6.45) is 10.0. The van der Waals surface area contributed by atoms with Crippen LogP contribution in [0.4, 0.5) is 11.5 Å². The lowest BCUT2D eigenvalue weighted by Crippen LogP contribution is -2.52. The van der Waals surface area contributed by atoms with Crippen molar-refractivity contribution in [3.8, 4) is 0 Å². The minimum atomic E-state index is -3.70. The second kappa shape index (κ2) is 6.78. The fraction of sp³-hybridized carbons (Fsp3) is 0.500. The molecule has 4 aliphatic carbocycles. The molecule has 6 rings (SSSR count). The van der Waals surface area contributed by atoms with Crippen LogP contribution in [0.3, 0.4) is 0 Å². The van der Waals surface area contributed by atoms with Crippen molar-refractivity contribution in [3.05, 3.63) is 36.5 Å². The molecule has 1 heterocycles. The molecule has 0 spiro atoms. The van der Waals surface area contributed by atoms with Crippen LogP contribution >= 0.6 is 12.2 Å². The quantitative estimate of drug-likeness (QED) is 0.642. The Hall–Kier alpha value is -1.97. The second-order valence-electron chi connectivity index (χ2n) is 8.94. The third-order valence-electron chi connectivity index (χ3n) is 6.76. The molecule has 0 saturated heterocycles. The van der Waals surface area contributed by atoms with Gasteiger partial charge in [-0.2, -0.15) is 5.10 Å². The normalized spacial score (nSPS) is 30.3. The van der Waals surface area contributed by atoms with Crippen LogP contribution in [0.5, 0.6) is 0 Å². The Kier molecular flexibility index (Phi) is 4.45. The van der Waals surface area contributed by atoms with Gasteiger partial charge in [0.05, 0.1) is 10.4 Å². The summed E-state index contributed by atoms with van der Waals surface area (Å²) in [5, 5.41) is 16.5. The van der Waals surface area contributed by atoms with Gasteiger partial charge in [0.2, 0.25) is 10.0 Å². The summed E-state index contributed by atoms with van der Waals surface area (Å²) >= 11 is 5.39. The first kappa shape index (κ1) is 19.0. The molecule has 29 heavy (non-hydrogen) atoms. The third kappa shape index (κ3) is 3.67. The SMILES string of the molecule is NS(=O)(=O)c1ccc(NC(=S)Nc2ccn(C34CC5CC(CC(C5)C3)C4)n2)cc1. The van der Waals surface area contributed by atoms with Crippen molar-refractivity contribution in [1.29, 1.82) is 0 Å². The lowest BCUT2D eigenvalue weighted by molar-refractivity contribution is -0.0492. The van der Waals surface area contributed by atoms with Gasteiger partial charge >= 0.3 is 0 Å². The first-order valence-corrected chi connectivity index (χ1v) is 12.0. The first-order valence-electron chi connectivity index (χ1n) is 10.1. The molecule has 0 atom stereocenters. The average Bonchev–Trinajstić information content (AvgIpc) is 3.09. The minimum Gasteiger partial charge on any atom is -0.332 e. The predicted octanol–water partition coefficient (Wildman–Crippen LogP) is 3.26. The maximum absolute atomic E-state index is 11.3. The number of nitrogens with one attached hydrogen (secondary N) is 2. The number of nitrogens with zero attached hydrogens (tertiary/aromatic N) is 2. The number of hydrogen-bond donors (Lipinski definition) is 3. The Labute approximate surface area is 176 Å². The molecule has 4 fully saturated rings. The number of thiocarbonyl (C=S) groups is 1. The standard InChI is InChI=1S/C20H25N5O2S2/c21-29(26,27)17-3-1-16(2-4-17)22-19(28)23-18-5-6-25(24-18)20-10-13-7-14(11-20)9-15(8-13)12-20/h1-6,13-15H,7-12H2,(H2,21,26,27)(H2,22,23,24,28). The van der Waals surface area contributed by atoms with E-state index in [1.807, 2.05) is 6.07 Å². The molecule has 4 N–H and O–H groups in total. The number of benzene rings is 1. The molecule has 7 nitrogen and oxygen atoms in total. The molecule has 0 unspecified atom stereocenters. The zero-order valence-corrected chi connectivity index (χ0v) is 17.7. The van der Waals surface area contributed by atoms with Crippen LogP contribution in [-0.2, 0) is 15.6 Å². The Morgan fingerprint density at radius 2 is 1.62 bits per heavy atom. The highest BCUT2D eigenvalue weighted by Gasteiger charge is 2.52. The van der Waals surface area contributed by atoms with E-state index in [0.29, 0.717) is 10.8 Å². The summed E-state index contributed by atoms with van der Waals surface area (Å²) in [5.74, 6) is 3.32. The Bertz CT molecular complexity index is 1010. The van der Waals surface area contributed by atoms with Crippen molar-refractivity contribution in [3.63, 3.8) is 0 Å². The number of nitrogens with two attached hydrogens (primary N) is 1. The van der Waals surface area contributed by atoms with Gasteiger partial charge in [-0.3, -0.25) is 4.68 Å². The summed E-state index contributed by atoms with van der Waals surface area (Å²) in [4.78, 5) is 0.0660. The molecule has 9 heteroatoms. The lowest BCUT2D eigenvalue weighted by atomic mass is 9.53. The summed E-state index contributed by atoms with van der Waals surface area (Å²) in [6, 6.07) is 8.12. The van der Waals surface area contributed by atoms with Crippen LogP contribution < -0.4 is 15.8 Å². The zero-order chi connectivity index (χ0) is 20.2. The lowest BCUT2D eigenvalue weighted by Gasteiger charge is -2.56. The van der Waals surface area contributed by atoms with Gasteiger partial charge in [-0.05, 0) is 92.8 Å². The zero-order valence-electron chi connectivity index (χ0n) is 16.0. The van der Waals surface area contributed by atoms with Crippen LogP contribution in [0.25, 0.3) is 0 Å². The highest BCUT2D eigenvalue weighted by molar-refractivity contribution is 7.89. The number of aromatic nitrogens is 2. The number of sulfonamides is 1. The Morgan fingerprint density at radius 3 is 2.17 bits per heavy atom. The largest absolute Gasteiger partial charge is 0.332 e. The first-order chi connectivity index (χ1) is 13.8. The monoisotopic (exact) mass is 431 g/mol. The van der Waals surface area contributed by atoms with Gasteiger partial charge in [0, 0.05) is 18.0 Å². The van der Waals surface area contributed by atoms with E-state index in [-0.39, 0.29) is 10.4 Å². The fourth-order valence-electron chi connectivity index (χ4n) is 6.01. The van der Waals surface area contributed by atoms with Crippen molar-refractivity contribution < 1.29 is 8.42 Å². The number of rotatable bonds is 4. The van der Waals surface area contributed by atoms with Crippen molar-refractivity contribution in [1.82, 2.24) is 9.78 Å². The molecular weight excluding hydrogens is 406 g/mol. The molecule has 1 aromatic carbocycles. The van der Waals surface area contributed by atoms with Crippen molar-refractivity contribution in [2.45, 2.75) is 49.0 Å². The maximum Gasteiger partial charge on any atom is 0.238 e. The summed E-state index contributed by atoms with van der Waals surface area (Å²) in [7, 11) is -3.70. The molecule has 154 valence electrons. The fourth-order valence-corrected chi connectivity index (χ4v) is 6.74. The van der Waals surface area contributed by atoms with E-state index in [1.165, 1.54) is 50.7 Å². The molecule has 0 aliphatic heterocycles. The van der Waals surface area contributed by atoms with Gasteiger partial charge in [0.1, 0.15) is 0 Å².